The minimum absolute atomic E-state index is 0.0573. The molecule has 4 heterocycles. The van der Waals surface area contributed by atoms with Crippen LogP contribution in [0.25, 0.3) is 38.8 Å². The Morgan fingerprint density at radius 3 is 1.82 bits per heavy atom. The Labute approximate surface area is 396 Å². The highest BCUT2D eigenvalue weighted by Crippen LogP contribution is 2.68. The van der Waals surface area contributed by atoms with Crippen molar-refractivity contribution in [2.45, 2.75) is 110 Å². The van der Waals surface area contributed by atoms with Gasteiger partial charge in [0.25, 0.3) is 0 Å². The van der Waals surface area contributed by atoms with Crippen molar-refractivity contribution >= 4 is 38.9 Å². The van der Waals surface area contributed by atoms with E-state index in [4.69, 9.17) is 9.72 Å². The van der Waals surface area contributed by atoms with Crippen molar-refractivity contribution in [3.8, 4) is 34.5 Å². The van der Waals surface area contributed by atoms with E-state index < -0.39 is 5.41 Å². The molecular weight excluding hydrogens is 819 g/mol. The van der Waals surface area contributed by atoms with Crippen molar-refractivity contribution < 1.29 is 4.74 Å². The molecule has 1 spiro atoms. The summed E-state index contributed by atoms with van der Waals surface area (Å²) in [6, 6.07) is 44.5. The smallest absolute Gasteiger partial charge is 0.137 e. The fourth-order valence-corrected chi connectivity index (χ4v) is 11.5. The van der Waals surface area contributed by atoms with E-state index in [1.807, 2.05) is 42.6 Å². The molecule has 8 aromatic rings. The number of fused-ring (bicyclic) bond motifs is 12. The van der Waals surface area contributed by atoms with Gasteiger partial charge in [0.05, 0.1) is 51.8 Å². The first-order chi connectivity index (χ1) is 31.6. The number of anilines is 3. The average Bonchev–Trinajstić information content (AvgIpc) is 3.89. The van der Waals surface area contributed by atoms with E-state index in [1.165, 1.54) is 67.0 Å². The molecule has 67 heavy (non-hydrogen) atoms. The molecule has 0 saturated carbocycles. The predicted molar refractivity (Wildman–Crippen MR) is 277 cm³/mol. The lowest BCUT2D eigenvalue weighted by atomic mass is 9.59. The third-order valence-electron chi connectivity index (χ3n) is 14.8. The molecule has 6 nitrogen and oxygen atoms in total. The van der Waals surface area contributed by atoms with E-state index in [0.29, 0.717) is 5.56 Å². The van der Waals surface area contributed by atoms with Crippen LogP contribution in [-0.4, -0.2) is 23.3 Å². The van der Waals surface area contributed by atoms with Gasteiger partial charge in [-0.1, -0.05) is 132 Å². The first-order valence-corrected chi connectivity index (χ1v) is 23.8. The molecule has 0 unspecified atom stereocenters. The maximum atomic E-state index is 9.84. The molecule has 0 saturated heterocycles. The summed E-state index contributed by atoms with van der Waals surface area (Å²) in [6.45, 7) is 29.3. The second-order valence-electron chi connectivity index (χ2n) is 23.4. The van der Waals surface area contributed by atoms with Crippen LogP contribution in [0, 0.1) is 11.3 Å². The molecule has 0 radical (unpaired) electrons. The third-order valence-corrected chi connectivity index (χ3v) is 14.8. The standard InChI is InChI=1S/C61H61N5O/c1-57(2,3)37-28-43-44-29-38(58(4,5)6)31-48(60(10,11)12)55(44)61(54(43)47(30-37)59(7,8)9)45-24-22-40(33-52(45)65-35-64(13)50-18-16-17-46(61)56(50)65)67-39-21-23-41-42-27-36(34-62)20-25-49(42)66(51(41)32-39)53-19-14-15-26-63-53/h14-33H,35H2,1-13H3. The summed E-state index contributed by atoms with van der Waals surface area (Å²) in [4.78, 5) is 9.69. The normalized spacial score (nSPS) is 14.9. The van der Waals surface area contributed by atoms with Crippen molar-refractivity contribution in [1.82, 2.24) is 9.55 Å². The Hall–Kier alpha value is -6.84. The number of hydrogen-bond acceptors (Lipinski definition) is 5. The van der Waals surface area contributed by atoms with Gasteiger partial charge in [0, 0.05) is 36.1 Å². The largest absolute Gasteiger partial charge is 0.457 e. The van der Waals surface area contributed by atoms with Gasteiger partial charge in [0.1, 0.15) is 17.3 Å². The summed E-state index contributed by atoms with van der Waals surface area (Å²) in [6.07, 6.45) is 1.82. The lowest BCUT2D eigenvalue weighted by Gasteiger charge is -2.46. The zero-order chi connectivity index (χ0) is 47.3. The van der Waals surface area contributed by atoms with Gasteiger partial charge in [-0.2, -0.15) is 5.26 Å². The van der Waals surface area contributed by atoms with Gasteiger partial charge in [0.15, 0.2) is 0 Å². The molecular formula is C61H61N5O. The molecule has 3 aliphatic rings. The molecule has 0 N–H and O–H groups in total. The monoisotopic (exact) mass is 879 g/mol. The van der Waals surface area contributed by atoms with Gasteiger partial charge < -0.3 is 14.5 Å². The van der Waals surface area contributed by atoms with Gasteiger partial charge >= 0.3 is 0 Å². The van der Waals surface area contributed by atoms with Crippen LogP contribution in [0.4, 0.5) is 17.1 Å². The molecule has 11 rings (SSSR count). The van der Waals surface area contributed by atoms with Gasteiger partial charge in [-0.15, -0.1) is 0 Å². The van der Waals surface area contributed by atoms with Crippen LogP contribution in [0.2, 0.25) is 0 Å². The molecule has 0 amide bonds. The number of ether oxygens (including phenoxy) is 1. The van der Waals surface area contributed by atoms with Crippen molar-refractivity contribution in [2.75, 3.05) is 23.5 Å². The van der Waals surface area contributed by atoms with Gasteiger partial charge in [0.2, 0.25) is 0 Å². The number of aromatic nitrogens is 2. The van der Waals surface area contributed by atoms with Crippen LogP contribution in [-0.2, 0) is 27.1 Å². The topological polar surface area (TPSA) is 57.3 Å². The lowest BCUT2D eigenvalue weighted by Crippen LogP contribution is -2.40. The third kappa shape index (κ3) is 6.23. The number of benzene rings is 6. The summed E-state index contributed by atoms with van der Waals surface area (Å²) in [7, 11) is 2.22. The van der Waals surface area contributed by atoms with Crippen molar-refractivity contribution in [3.05, 3.63) is 172 Å². The van der Waals surface area contributed by atoms with E-state index >= 15 is 0 Å². The Balaban J connectivity index is 1.20. The Morgan fingerprint density at radius 1 is 0.582 bits per heavy atom. The molecule has 6 heteroatoms. The summed E-state index contributed by atoms with van der Waals surface area (Å²) in [5.41, 5.74) is 18.8. The average molecular weight is 880 g/mol. The van der Waals surface area contributed by atoms with Crippen LogP contribution in [0.15, 0.2) is 121 Å². The Morgan fingerprint density at radius 2 is 1.22 bits per heavy atom. The van der Waals surface area contributed by atoms with E-state index in [-0.39, 0.29) is 21.7 Å². The zero-order valence-corrected chi connectivity index (χ0v) is 41.4. The summed E-state index contributed by atoms with van der Waals surface area (Å²) >= 11 is 0. The van der Waals surface area contributed by atoms with Crippen LogP contribution in [0.1, 0.15) is 133 Å². The quantitative estimate of drug-likeness (QED) is 0.177. The van der Waals surface area contributed by atoms with Gasteiger partial charge in [-0.25, -0.2) is 4.98 Å². The molecule has 0 bridgehead atoms. The van der Waals surface area contributed by atoms with E-state index in [9.17, 15) is 5.26 Å². The maximum Gasteiger partial charge on any atom is 0.137 e. The zero-order valence-electron chi connectivity index (χ0n) is 41.4. The molecule has 2 aliphatic heterocycles. The summed E-state index contributed by atoms with van der Waals surface area (Å²) in [5.74, 6) is 2.30. The number of hydrogen-bond donors (Lipinski definition) is 0. The summed E-state index contributed by atoms with van der Waals surface area (Å²) < 4.78 is 9.20. The lowest BCUT2D eigenvalue weighted by molar-refractivity contribution is 0.482. The van der Waals surface area contributed by atoms with Gasteiger partial charge in [-0.05, 0) is 132 Å². The molecule has 0 fully saturated rings. The van der Waals surface area contributed by atoms with Crippen LogP contribution in [0.3, 0.4) is 0 Å². The van der Waals surface area contributed by atoms with E-state index in [0.717, 1.165) is 51.5 Å². The van der Waals surface area contributed by atoms with E-state index in [2.05, 4.69) is 189 Å². The van der Waals surface area contributed by atoms with Crippen LogP contribution in [0.5, 0.6) is 11.5 Å². The second-order valence-corrected chi connectivity index (χ2v) is 23.4. The highest BCUT2D eigenvalue weighted by atomic mass is 16.5. The molecule has 0 atom stereocenters. The SMILES string of the molecule is CN1CN2c3cc(Oc4ccc5c6cc(C#N)ccc6n(-c6ccccn6)c5c4)ccc3C3(c4cccc1c42)c1c(cc(C(C)(C)C)cc1C(C)(C)C)-c1cc(C(C)(C)C)cc(C(C)(C)C)c13. The highest BCUT2D eigenvalue weighted by molar-refractivity contribution is 6.10. The molecule has 336 valence electrons. The number of nitriles is 1. The van der Waals surface area contributed by atoms with Crippen molar-refractivity contribution in [1.29, 1.82) is 5.26 Å². The Bertz CT molecular complexity index is 3350. The minimum Gasteiger partial charge on any atom is -0.457 e. The predicted octanol–water partition coefficient (Wildman–Crippen LogP) is 15.3. The number of rotatable bonds is 3. The van der Waals surface area contributed by atoms with Gasteiger partial charge in [-0.3, -0.25) is 4.57 Å². The number of pyridine rings is 1. The minimum atomic E-state index is -0.631. The molecule has 6 aromatic carbocycles. The van der Waals surface area contributed by atoms with Crippen molar-refractivity contribution in [3.63, 3.8) is 0 Å². The molecule has 1 aliphatic carbocycles. The maximum absolute atomic E-state index is 9.84. The highest BCUT2D eigenvalue weighted by Gasteiger charge is 2.57. The first kappa shape index (κ1) is 42.8. The van der Waals surface area contributed by atoms with Crippen LogP contribution < -0.4 is 14.5 Å². The number of nitrogens with zero attached hydrogens (tertiary/aromatic N) is 5. The summed E-state index contributed by atoms with van der Waals surface area (Å²) in [5, 5.41) is 11.9. The molecule has 2 aromatic heterocycles. The van der Waals surface area contributed by atoms with Crippen LogP contribution >= 0.6 is 0 Å². The number of para-hydroxylation sites is 1. The van der Waals surface area contributed by atoms with E-state index in [1.54, 1.807) is 0 Å². The first-order valence-electron chi connectivity index (χ1n) is 23.8. The Kier molecular flexibility index (Phi) is 9.00. The van der Waals surface area contributed by atoms with Crippen molar-refractivity contribution in [2.24, 2.45) is 0 Å². The fraction of sp³-hybridized carbons (Fsp3) is 0.311. The fourth-order valence-electron chi connectivity index (χ4n) is 11.5. The second kappa shape index (κ2) is 14.1.